The normalized spacial score (nSPS) is 8.30. The first-order valence-electron chi connectivity index (χ1n) is 2.79. The topological polar surface area (TPSA) is 37.3 Å². The number of rotatable bonds is 0. The van der Waals surface area contributed by atoms with Crippen molar-refractivity contribution < 1.29 is 9.46 Å². The Morgan fingerprint density at radius 1 is 1.30 bits per heavy atom. The van der Waals surface area contributed by atoms with Gasteiger partial charge in [0.25, 0.3) is 0 Å². The molecule has 1 aromatic carbocycles. The molecule has 0 saturated heterocycles. The maximum atomic E-state index is 8.46. The molecular formula is C6H6KO2P. The zero-order chi connectivity index (χ0) is 7.82. The molecule has 0 aliphatic heterocycles. The molecule has 0 saturated carbocycles. The molecule has 0 atom stereocenters. The fourth-order valence-corrected chi connectivity index (χ4v) is 1.14. The molecule has 0 radical (unpaired) electrons. The summed E-state index contributed by atoms with van der Waals surface area (Å²) in [5, 5.41) is 0. The van der Waals surface area contributed by atoms with Crippen molar-refractivity contribution in [3.63, 3.8) is 0 Å². The van der Waals surface area contributed by atoms with Gasteiger partial charge >= 0.3 is 87.6 Å². The zero-order valence-electron chi connectivity index (χ0n) is 5.69. The molecule has 4 heteroatoms. The Labute approximate surface area is 95.5 Å². The van der Waals surface area contributed by atoms with Crippen LogP contribution in [0.5, 0.6) is 0 Å². The van der Waals surface area contributed by atoms with Gasteiger partial charge in [-0.05, 0) is 0 Å². The Morgan fingerprint density at radius 2 is 1.70 bits per heavy atom. The van der Waals surface area contributed by atoms with Crippen LogP contribution in [0.15, 0.2) is 30.3 Å². The van der Waals surface area contributed by atoms with Gasteiger partial charge in [0.2, 0.25) is 0 Å². The molecule has 0 fully saturated rings. The Morgan fingerprint density at radius 3 is 1.90 bits per heavy atom. The number of hydrogen-bond acceptors (Lipinski definition) is 1. The average Bonchev–Trinajstić information content (AvgIpc) is 1.91. The summed E-state index contributed by atoms with van der Waals surface area (Å²) in [6, 6.07) is 10.6. The standard InChI is InChI=1S/C6H5.K.HO2P/c1-2-4-6-5-3-1;;1-3-2/h1-5H;;(H,1,2). The van der Waals surface area contributed by atoms with E-state index in [2.05, 4.69) is 30.3 Å². The van der Waals surface area contributed by atoms with E-state index in [1.807, 2.05) is 0 Å². The maximum absolute atomic E-state index is 8.46. The molecule has 0 spiro atoms. The van der Waals surface area contributed by atoms with E-state index < -0.39 is 8.69 Å². The van der Waals surface area contributed by atoms with Crippen molar-refractivity contribution in [2.45, 2.75) is 0 Å². The Kier molecular flexibility index (Phi) is 8.75. The third-order valence-electron chi connectivity index (χ3n) is 0.940. The van der Waals surface area contributed by atoms with Gasteiger partial charge in [-0.2, -0.15) is 0 Å². The Bertz CT molecular complexity index is 178. The first-order valence-corrected chi connectivity index (χ1v) is 5.12. The quantitative estimate of drug-likeness (QED) is 0.470. The van der Waals surface area contributed by atoms with Gasteiger partial charge in [-0.1, -0.05) is 0 Å². The summed E-state index contributed by atoms with van der Waals surface area (Å²) in [6.07, 6.45) is 0. The summed E-state index contributed by atoms with van der Waals surface area (Å²) in [5.74, 6) is 0. The summed E-state index contributed by atoms with van der Waals surface area (Å²) < 4.78 is 9.97. The summed E-state index contributed by atoms with van der Waals surface area (Å²) in [4.78, 5) is 6.99. The van der Waals surface area contributed by atoms with Gasteiger partial charge < -0.3 is 4.89 Å². The molecule has 0 amide bonds. The molecule has 0 aliphatic rings. The van der Waals surface area contributed by atoms with Gasteiger partial charge in [0.05, 0.1) is 0 Å². The second-order valence-electron chi connectivity index (χ2n) is 1.74. The molecule has 0 heterocycles. The summed E-state index contributed by atoms with van der Waals surface area (Å²) in [6.45, 7) is 0. The van der Waals surface area contributed by atoms with E-state index in [4.69, 9.17) is 9.46 Å². The Hall–Kier alpha value is 0.916. The third-order valence-corrected chi connectivity index (χ3v) is 1.98. The van der Waals surface area contributed by atoms with Crippen molar-refractivity contribution in [1.29, 1.82) is 0 Å². The SMILES string of the molecule is O=PO.[K][c]1ccccc1. The van der Waals surface area contributed by atoms with E-state index in [0.29, 0.717) is 0 Å². The van der Waals surface area contributed by atoms with Crippen LogP contribution in [0.25, 0.3) is 0 Å². The fourth-order valence-electron chi connectivity index (χ4n) is 0.534. The van der Waals surface area contributed by atoms with Crippen LogP contribution in [-0.4, -0.2) is 53.8 Å². The van der Waals surface area contributed by atoms with Crippen LogP contribution in [-0.2, 0) is 4.57 Å². The van der Waals surface area contributed by atoms with Crippen LogP contribution in [0.4, 0.5) is 0 Å². The molecule has 0 aliphatic carbocycles. The molecule has 2 nitrogen and oxygen atoms in total. The van der Waals surface area contributed by atoms with Gasteiger partial charge in [0, 0.05) is 0 Å². The van der Waals surface area contributed by atoms with E-state index in [1.165, 1.54) is -0.342 Å². The van der Waals surface area contributed by atoms with E-state index in [1.54, 1.807) is 0 Å². The van der Waals surface area contributed by atoms with Gasteiger partial charge in [-0.25, -0.2) is 4.57 Å². The first kappa shape index (κ1) is 10.9. The number of hydrogen-bond donors (Lipinski definition) is 1. The molecule has 48 valence electrons. The molecule has 1 N–H and O–H groups in total. The van der Waals surface area contributed by atoms with Crippen molar-refractivity contribution in [3.8, 4) is 0 Å². The van der Waals surface area contributed by atoms with Crippen LogP contribution in [0.1, 0.15) is 0 Å². The number of benzene rings is 1. The summed E-state index contributed by atoms with van der Waals surface area (Å²) >= 11 is 0.855. The third kappa shape index (κ3) is 7.03. The van der Waals surface area contributed by atoms with Crippen molar-refractivity contribution in [1.82, 2.24) is 0 Å². The molecule has 0 aromatic heterocycles. The Balaban J connectivity index is 0.000000236. The minimum atomic E-state index is -0.833. The minimum absolute atomic E-state index is 0.833. The van der Waals surface area contributed by atoms with E-state index in [9.17, 15) is 0 Å². The van der Waals surface area contributed by atoms with E-state index >= 15 is 0 Å². The summed E-state index contributed by atoms with van der Waals surface area (Å²) in [7, 11) is -0.833. The molecule has 0 unspecified atom stereocenters. The fraction of sp³-hybridized carbons (Fsp3) is 0. The molecule has 10 heavy (non-hydrogen) atoms. The van der Waals surface area contributed by atoms with Gasteiger partial charge in [-0.15, -0.1) is 0 Å². The van der Waals surface area contributed by atoms with Crippen LogP contribution in [0.2, 0.25) is 0 Å². The molecular weight excluding hydrogens is 174 g/mol. The first-order chi connectivity index (χ1) is 4.81. The second kappa shape index (κ2) is 8.02. The van der Waals surface area contributed by atoms with E-state index in [0.717, 1.165) is 49.0 Å². The predicted molar refractivity (Wildman–Crippen MR) is 41.7 cm³/mol. The van der Waals surface area contributed by atoms with Crippen LogP contribution < -0.4 is -0.342 Å². The van der Waals surface area contributed by atoms with Crippen molar-refractivity contribution in [2.24, 2.45) is 0 Å². The summed E-state index contributed by atoms with van der Waals surface area (Å²) in [5.41, 5.74) is 0. The predicted octanol–water partition coefficient (Wildman–Crippen LogP) is 0.666. The average molecular weight is 180 g/mol. The van der Waals surface area contributed by atoms with Gasteiger partial charge in [0.1, 0.15) is 0 Å². The van der Waals surface area contributed by atoms with E-state index in [-0.39, 0.29) is 0 Å². The van der Waals surface area contributed by atoms with Crippen molar-refractivity contribution in [2.75, 3.05) is 0 Å². The van der Waals surface area contributed by atoms with Crippen LogP contribution in [0, 0.1) is 0 Å². The molecule has 1 aromatic rings. The van der Waals surface area contributed by atoms with Crippen LogP contribution >= 0.6 is 8.69 Å². The monoisotopic (exact) mass is 180 g/mol. The van der Waals surface area contributed by atoms with Gasteiger partial charge in [0.15, 0.2) is 0 Å². The van der Waals surface area contributed by atoms with Crippen molar-refractivity contribution in [3.05, 3.63) is 30.3 Å². The van der Waals surface area contributed by atoms with Crippen molar-refractivity contribution >= 4 is 57.3 Å². The molecule has 0 bridgehead atoms. The zero-order valence-corrected chi connectivity index (χ0v) is 9.71. The molecule has 1 rings (SSSR count). The van der Waals surface area contributed by atoms with Crippen LogP contribution in [0.3, 0.4) is 0 Å². The second-order valence-corrected chi connectivity index (χ2v) is 3.70. The van der Waals surface area contributed by atoms with Gasteiger partial charge in [-0.3, -0.25) is 0 Å².